The summed E-state index contributed by atoms with van der Waals surface area (Å²) in [6.07, 6.45) is 0.235. The molecule has 9 nitrogen and oxygen atoms in total. The number of hydrogen-bond acceptors (Lipinski definition) is 7. The number of aliphatic hydroxyl groups is 1. The Morgan fingerprint density at radius 1 is 1.10 bits per heavy atom. The molecular weight excluding hydrogens is 567 g/mol. The van der Waals surface area contributed by atoms with Crippen LogP contribution in [0.5, 0.6) is 17.2 Å². The highest BCUT2D eigenvalue weighted by Gasteiger charge is 2.67. The van der Waals surface area contributed by atoms with Gasteiger partial charge in [-0.15, -0.1) is 0 Å². The van der Waals surface area contributed by atoms with E-state index in [9.17, 15) is 19.1 Å². The van der Waals surface area contributed by atoms with E-state index in [1.807, 2.05) is 6.92 Å². The van der Waals surface area contributed by atoms with Gasteiger partial charge in [-0.1, -0.05) is 42.8 Å². The molecule has 2 amide bonds. The Morgan fingerprint density at radius 3 is 2.40 bits per heavy atom. The minimum atomic E-state index is -2.06. The molecule has 42 heavy (non-hydrogen) atoms. The summed E-state index contributed by atoms with van der Waals surface area (Å²) < 4.78 is 37.6. The highest BCUT2D eigenvalue weighted by atomic mass is 35.5. The molecular formula is C31H32ClFN2O7. The number of methoxy groups -OCH3 is 3. The highest BCUT2D eigenvalue weighted by molar-refractivity contribution is 6.30. The zero-order valence-electron chi connectivity index (χ0n) is 23.6. The first-order valence-electron chi connectivity index (χ1n) is 13.5. The van der Waals surface area contributed by atoms with Gasteiger partial charge in [0.15, 0.2) is 11.2 Å². The van der Waals surface area contributed by atoms with Crippen molar-refractivity contribution in [2.24, 2.45) is 5.92 Å². The zero-order valence-corrected chi connectivity index (χ0v) is 24.4. The molecule has 11 heteroatoms. The number of urea groups is 1. The zero-order chi connectivity index (χ0) is 30.2. The van der Waals surface area contributed by atoms with Gasteiger partial charge in [0.1, 0.15) is 23.1 Å². The van der Waals surface area contributed by atoms with Crippen LogP contribution >= 0.6 is 11.6 Å². The first kappa shape index (κ1) is 29.5. The van der Waals surface area contributed by atoms with Crippen LogP contribution in [0, 0.1) is 11.7 Å². The number of esters is 1. The summed E-state index contributed by atoms with van der Waals surface area (Å²) in [4.78, 5) is 26.9. The number of hydrogen-bond donors (Lipinski definition) is 2. The van der Waals surface area contributed by atoms with Crippen molar-refractivity contribution in [3.05, 3.63) is 88.2 Å². The molecule has 3 aromatic rings. The lowest BCUT2D eigenvalue weighted by Gasteiger charge is -2.47. The second-order valence-electron chi connectivity index (χ2n) is 10.3. The van der Waals surface area contributed by atoms with E-state index in [1.165, 1.54) is 44.4 Å². The average molecular weight is 599 g/mol. The van der Waals surface area contributed by atoms with Crippen LogP contribution < -0.4 is 19.5 Å². The van der Waals surface area contributed by atoms with Crippen molar-refractivity contribution in [3.63, 3.8) is 0 Å². The van der Waals surface area contributed by atoms with Gasteiger partial charge in [0.25, 0.3) is 0 Å². The first-order chi connectivity index (χ1) is 20.1. The summed E-state index contributed by atoms with van der Waals surface area (Å²) >= 11 is 6.25. The fraction of sp³-hybridized carbons (Fsp3) is 0.355. The van der Waals surface area contributed by atoms with Gasteiger partial charge in [0, 0.05) is 41.4 Å². The average Bonchev–Trinajstić information content (AvgIpc) is 3.24. The van der Waals surface area contributed by atoms with Crippen molar-refractivity contribution >= 4 is 23.6 Å². The molecule has 2 heterocycles. The number of amides is 2. The Hall–Kier alpha value is -4.02. The van der Waals surface area contributed by atoms with E-state index in [2.05, 4.69) is 5.32 Å². The number of nitrogens with zero attached hydrogens (tertiary/aromatic N) is 1. The number of likely N-dealkylation sites (tertiary alicyclic amines) is 1. The Bertz CT molecular complexity index is 1500. The van der Waals surface area contributed by atoms with E-state index in [0.717, 1.165) is 0 Å². The summed E-state index contributed by atoms with van der Waals surface area (Å²) in [6, 6.07) is 14.2. The molecule has 3 aromatic carbocycles. The van der Waals surface area contributed by atoms with Crippen LogP contribution in [0.15, 0.2) is 60.7 Å². The summed E-state index contributed by atoms with van der Waals surface area (Å²) in [5.41, 5.74) is -2.82. The molecule has 222 valence electrons. The van der Waals surface area contributed by atoms with Crippen LogP contribution in [0.2, 0.25) is 5.02 Å². The van der Waals surface area contributed by atoms with Gasteiger partial charge in [0.2, 0.25) is 0 Å². The lowest BCUT2D eigenvalue weighted by molar-refractivity contribution is -0.150. The maximum Gasteiger partial charge on any atom is 0.317 e. The number of ether oxygens (including phenoxy) is 4. The number of rotatable bonds is 8. The smallest absolute Gasteiger partial charge is 0.317 e. The Balaban J connectivity index is 1.72. The van der Waals surface area contributed by atoms with Crippen LogP contribution in [-0.2, 0) is 20.7 Å². The summed E-state index contributed by atoms with van der Waals surface area (Å²) in [5.74, 6) is -0.469. The third-order valence-corrected chi connectivity index (χ3v) is 8.32. The molecule has 5 rings (SSSR count). The SMILES string of the molecule is CC[C@H](NC(=O)N1CC(C(=O)OC)C1)[C@@]1(O)c2c(OC)cc(OC)cc2O[C@@]1(c1ccc(Cl)cc1)c1cccc(F)c1. The number of benzene rings is 3. The van der Waals surface area contributed by atoms with Gasteiger partial charge < -0.3 is 34.3 Å². The van der Waals surface area contributed by atoms with E-state index in [0.29, 0.717) is 21.9 Å². The van der Waals surface area contributed by atoms with Crippen molar-refractivity contribution in [2.45, 2.75) is 30.6 Å². The quantitative estimate of drug-likeness (QED) is 0.365. The molecule has 2 N–H and O–H groups in total. The van der Waals surface area contributed by atoms with E-state index in [4.69, 9.17) is 30.5 Å². The van der Waals surface area contributed by atoms with Gasteiger partial charge in [-0.2, -0.15) is 0 Å². The van der Waals surface area contributed by atoms with Crippen LogP contribution in [0.4, 0.5) is 9.18 Å². The maximum atomic E-state index is 14.9. The van der Waals surface area contributed by atoms with Crippen molar-refractivity contribution in [1.29, 1.82) is 0 Å². The molecule has 1 saturated heterocycles. The molecule has 0 aliphatic carbocycles. The van der Waals surface area contributed by atoms with Gasteiger partial charge in [0.05, 0.1) is 38.9 Å². The van der Waals surface area contributed by atoms with Gasteiger partial charge in [-0.05, 0) is 30.7 Å². The fourth-order valence-electron chi connectivity index (χ4n) is 5.96. The van der Waals surface area contributed by atoms with E-state index < -0.39 is 41.0 Å². The van der Waals surface area contributed by atoms with E-state index in [1.54, 1.807) is 42.5 Å². The third kappa shape index (κ3) is 4.59. The van der Waals surface area contributed by atoms with Gasteiger partial charge in [-0.3, -0.25) is 4.79 Å². The first-order valence-corrected chi connectivity index (χ1v) is 13.8. The van der Waals surface area contributed by atoms with Crippen LogP contribution in [0.25, 0.3) is 0 Å². The van der Waals surface area contributed by atoms with Crippen LogP contribution in [-0.4, -0.2) is 62.5 Å². The Labute approximate surface area is 248 Å². The predicted octanol–water partition coefficient (Wildman–Crippen LogP) is 4.61. The standard InChI is InChI=1S/C31H32ClFN2O7/c1-5-26(34-29(37)35-16-18(17-35)28(36)41-4)30(38)27-24(40-3)14-23(39-2)15-25(27)42-31(30,19-9-11-21(32)12-10-19)20-7-6-8-22(33)13-20/h6-15,18,26,38H,5,16-17H2,1-4H3,(H,34,37)/t26-,30+,31-/m0/s1. The van der Waals surface area contributed by atoms with Crippen molar-refractivity contribution < 1.29 is 38.0 Å². The van der Waals surface area contributed by atoms with Crippen LogP contribution in [0.1, 0.15) is 30.0 Å². The lowest BCUT2D eigenvalue weighted by atomic mass is 9.66. The fourth-order valence-corrected chi connectivity index (χ4v) is 6.08. The molecule has 2 aliphatic heterocycles. The molecule has 0 bridgehead atoms. The van der Waals surface area contributed by atoms with Crippen molar-refractivity contribution in [3.8, 4) is 17.2 Å². The topological polar surface area (TPSA) is 107 Å². The normalized spacial score (nSPS) is 21.9. The number of halogens is 2. The second kappa shape index (κ2) is 11.3. The van der Waals surface area contributed by atoms with Crippen LogP contribution in [0.3, 0.4) is 0 Å². The molecule has 2 aliphatic rings. The van der Waals surface area contributed by atoms with Crippen molar-refractivity contribution in [1.82, 2.24) is 10.2 Å². The van der Waals surface area contributed by atoms with Crippen molar-refractivity contribution in [2.75, 3.05) is 34.4 Å². The summed E-state index contributed by atoms with van der Waals surface area (Å²) in [7, 11) is 4.24. The predicted molar refractivity (Wildman–Crippen MR) is 152 cm³/mol. The monoisotopic (exact) mass is 598 g/mol. The van der Waals surface area contributed by atoms with Gasteiger partial charge >= 0.3 is 12.0 Å². The molecule has 0 aromatic heterocycles. The molecule has 0 saturated carbocycles. The van der Waals surface area contributed by atoms with E-state index in [-0.39, 0.29) is 36.6 Å². The molecule has 0 spiro atoms. The third-order valence-electron chi connectivity index (χ3n) is 8.07. The largest absolute Gasteiger partial charge is 0.496 e. The minimum absolute atomic E-state index is 0.174. The number of fused-ring (bicyclic) bond motifs is 1. The summed E-state index contributed by atoms with van der Waals surface area (Å²) in [6.45, 7) is 2.16. The lowest BCUT2D eigenvalue weighted by Crippen LogP contribution is -2.65. The molecule has 0 radical (unpaired) electrons. The minimum Gasteiger partial charge on any atom is -0.496 e. The molecule has 3 atom stereocenters. The molecule has 0 unspecified atom stereocenters. The number of carbonyl (C=O) groups is 2. The van der Waals surface area contributed by atoms with E-state index >= 15 is 0 Å². The van der Waals surface area contributed by atoms with Gasteiger partial charge in [-0.25, -0.2) is 9.18 Å². The summed E-state index contributed by atoms with van der Waals surface area (Å²) in [5, 5.41) is 16.7. The maximum absolute atomic E-state index is 14.9. The highest BCUT2D eigenvalue weighted by Crippen LogP contribution is 2.61. The Morgan fingerprint density at radius 2 is 1.81 bits per heavy atom. The molecule has 1 fully saturated rings. The Kier molecular flexibility index (Phi) is 7.96. The number of nitrogens with one attached hydrogen (secondary N) is 1. The number of carbonyl (C=O) groups excluding carboxylic acids is 2. The second-order valence-corrected chi connectivity index (χ2v) is 10.7.